The molecule has 0 unspecified atom stereocenters. The van der Waals surface area contributed by atoms with Gasteiger partial charge in [-0.3, -0.25) is 0 Å². The van der Waals surface area contributed by atoms with Gasteiger partial charge in [0.1, 0.15) is 0 Å². The van der Waals surface area contributed by atoms with E-state index in [0.29, 0.717) is 11.1 Å². The molecule has 70 valence electrons. The molecule has 0 aromatic heterocycles. The van der Waals surface area contributed by atoms with Gasteiger partial charge in [-0.15, -0.1) is 0 Å². The van der Waals surface area contributed by atoms with Crippen LogP contribution in [-0.4, -0.2) is 11.7 Å². The van der Waals surface area contributed by atoms with E-state index in [4.69, 9.17) is 5.11 Å². The molecular formula is C10H10F2O. The van der Waals surface area contributed by atoms with Crippen LogP contribution < -0.4 is 0 Å². The third-order valence-electron chi connectivity index (χ3n) is 1.61. The van der Waals surface area contributed by atoms with Crippen LogP contribution in [0.4, 0.5) is 8.78 Å². The van der Waals surface area contributed by atoms with Gasteiger partial charge in [0.05, 0.1) is 6.61 Å². The number of rotatable bonds is 2. The van der Waals surface area contributed by atoms with Gasteiger partial charge in [0.25, 0.3) is 0 Å². The Morgan fingerprint density at radius 1 is 1.38 bits per heavy atom. The molecule has 0 aliphatic rings. The summed E-state index contributed by atoms with van der Waals surface area (Å²) in [6.45, 7) is 1.63. The highest BCUT2D eigenvalue weighted by molar-refractivity contribution is 5.52. The second-order valence-electron chi connectivity index (χ2n) is 2.82. The van der Waals surface area contributed by atoms with Crippen LogP contribution in [0.25, 0.3) is 6.08 Å². The molecule has 3 heteroatoms. The van der Waals surface area contributed by atoms with Crippen molar-refractivity contribution in [3.8, 4) is 0 Å². The van der Waals surface area contributed by atoms with Crippen molar-refractivity contribution in [3.05, 3.63) is 41.0 Å². The van der Waals surface area contributed by atoms with Gasteiger partial charge in [-0.1, -0.05) is 12.1 Å². The van der Waals surface area contributed by atoms with Crippen molar-refractivity contribution in [1.29, 1.82) is 0 Å². The molecule has 13 heavy (non-hydrogen) atoms. The quantitative estimate of drug-likeness (QED) is 0.748. The molecule has 0 saturated carbocycles. The number of hydrogen-bond donors (Lipinski definition) is 1. The molecule has 0 bridgehead atoms. The molecule has 0 saturated heterocycles. The Balaban J connectivity index is 2.98. The maximum Gasteiger partial charge on any atom is 0.159 e. The zero-order valence-corrected chi connectivity index (χ0v) is 7.22. The van der Waals surface area contributed by atoms with Crippen molar-refractivity contribution in [1.82, 2.24) is 0 Å². The Bertz CT molecular complexity index is 332. The zero-order chi connectivity index (χ0) is 9.84. The standard InChI is InChI=1S/C10H10F2O/c1-7(6-13)4-8-2-3-9(11)10(12)5-8/h2-5,13H,6H2,1H3/b7-4-. The van der Waals surface area contributed by atoms with E-state index in [1.165, 1.54) is 6.07 Å². The summed E-state index contributed by atoms with van der Waals surface area (Å²) in [5, 5.41) is 8.68. The van der Waals surface area contributed by atoms with Gasteiger partial charge in [0.15, 0.2) is 11.6 Å². The monoisotopic (exact) mass is 184 g/mol. The van der Waals surface area contributed by atoms with Gasteiger partial charge >= 0.3 is 0 Å². The third-order valence-corrected chi connectivity index (χ3v) is 1.61. The SMILES string of the molecule is C/C(=C/c1ccc(F)c(F)c1)CO. The molecular weight excluding hydrogens is 174 g/mol. The van der Waals surface area contributed by atoms with E-state index in [0.717, 1.165) is 12.1 Å². The van der Waals surface area contributed by atoms with Gasteiger partial charge in [0, 0.05) is 0 Å². The lowest BCUT2D eigenvalue weighted by molar-refractivity contribution is 0.332. The molecule has 0 aliphatic carbocycles. The molecule has 0 radical (unpaired) electrons. The molecule has 1 rings (SSSR count). The van der Waals surface area contributed by atoms with Crippen LogP contribution in [-0.2, 0) is 0 Å². The summed E-state index contributed by atoms with van der Waals surface area (Å²) in [7, 11) is 0. The van der Waals surface area contributed by atoms with Crippen molar-refractivity contribution in [2.45, 2.75) is 6.92 Å². The Labute approximate surface area is 75.3 Å². The minimum Gasteiger partial charge on any atom is -0.392 e. The summed E-state index contributed by atoms with van der Waals surface area (Å²) >= 11 is 0. The smallest absolute Gasteiger partial charge is 0.159 e. The maximum atomic E-state index is 12.7. The van der Waals surface area contributed by atoms with Crippen molar-refractivity contribution in [3.63, 3.8) is 0 Å². The second kappa shape index (κ2) is 4.14. The van der Waals surface area contributed by atoms with E-state index in [2.05, 4.69) is 0 Å². The molecule has 0 aliphatic heterocycles. The van der Waals surface area contributed by atoms with Crippen LogP contribution in [0.2, 0.25) is 0 Å². The molecule has 0 amide bonds. The van der Waals surface area contributed by atoms with E-state index in [1.54, 1.807) is 13.0 Å². The minimum absolute atomic E-state index is 0.0843. The van der Waals surface area contributed by atoms with Gasteiger partial charge in [0.2, 0.25) is 0 Å². The summed E-state index contributed by atoms with van der Waals surface area (Å²) in [6.07, 6.45) is 1.60. The number of benzene rings is 1. The van der Waals surface area contributed by atoms with E-state index in [-0.39, 0.29) is 6.61 Å². The summed E-state index contributed by atoms with van der Waals surface area (Å²) in [4.78, 5) is 0. The van der Waals surface area contributed by atoms with Gasteiger partial charge in [-0.2, -0.15) is 0 Å². The van der Waals surface area contributed by atoms with Gasteiger partial charge in [-0.05, 0) is 30.2 Å². The van der Waals surface area contributed by atoms with Crippen molar-refractivity contribution < 1.29 is 13.9 Å². The number of aliphatic hydroxyl groups excluding tert-OH is 1. The van der Waals surface area contributed by atoms with Crippen molar-refractivity contribution >= 4 is 6.08 Å². The first-order chi connectivity index (χ1) is 6.13. The number of hydrogen-bond acceptors (Lipinski definition) is 1. The maximum absolute atomic E-state index is 12.7. The average molecular weight is 184 g/mol. The highest BCUT2D eigenvalue weighted by atomic mass is 19.2. The van der Waals surface area contributed by atoms with Crippen LogP contribution in [0, 0.1) is 11.6 Å². The summed E-state index contributed by atoms with van der Waals surface area (Å²) < 4.78 is 25.1. The second-order valence-corrected chi connectivity index (χ2v) is 2.82. The molecule has 0 atom stereocenters. The third kappa shape index (κ3) is 2.63. The van der Waals surface area contributed by atoms with Gasteiger partial charge in [-0.25, -0.2) is 8.78 Å². The Morgan fingerprint density at radius 2 is 2.08 bits per heavy atom. The summed E-state index contributed by atoms with van der Waals surface area (Å²) in [6, 6.07) is 3.61. The molecule has 0 heterocycles. The number of halogens is 2. The molecule has 1 nitrogen and oxygen atoms in total. The van der Waals surface area contributed by atoms with Crippen LogP contribution in [0.3, 0.4) is 0 Å². The van der Waals surface area contributed by atoms with E-state index < -0.39 is 11.6 Å². The van der Waals surface area contributed by atoms with E-state index in [9.17, 15) is 8.78 Å². The van der Waals surface area contributed by atoms with Crippen LogP contribution in [0.5, 0.6) is 0 Å². The fourth-order valence-corrected chi connectivity index (χ4v) is 0.932. The minimum atomic E-state index is -0.875. The molecule has 1 N–H and O–H groups in total. The predicted octanol–water partition coefficient (Wildman–Crippen LogP) is 2.36. The first kappa shape index (κ1) is 9.86. The number of aliphatic hydroxyl groups is 1. The molecule has 0 spiro atoms. The van der Waals surface area contributed by atoms with E-state index in [1.807, 2.05) is 0 Å². The molecule has 1 aromatic rings. The highest BCUT2D eigenvalue weighted by Gasteiger charge is 2.00. The molecule has 1 aromatic carbocycles. The first-order valence-electron chi connectivity index (χ1n) is 3.86. The van der Waals surface area contributed by atoms with Crippen LogP contribution in [0.15, 0.2) is 23.8 Å². The lowest BCUT2D eigenvalue weighted by Gasteiger charge is -1.97. The van der Waals surface area contributed by atoms with Crippen molar-refractivity contribution in [2.75, 3.05) is 6.61 Å². The first-order valence-corrected chi connectivity index (χ1v) is 3.86. The lowest BCUT2D eigenvalue weighted by Crippen LogP contribution is -1.87. The Morgan fingerprint density at radius 3 is 2.62 bits per heavy atom. The summed E-state index contributed by atoms with van der Waals surface area (Å²) in [5.41, 5.74) is 1.25. The Kier molecular flexibility index (Phi) is 3.14. The predicted molar refractivity (Wildman–Crippen MR) is 47.1 cm³/mol. The Hall–Kier alpha value is -1.22. The van der Waals surface area contributed by atoms with Crippen LogP contribution >= 0.6 is 0 Å². The lowest BCUT2D eigenvalue weighted by atomic mass is 10.1. The molecule has 0 fully saturated rings. The average Bonchev–Trinajstić information content (AvgIpc) is 2.11. The zero-order valence-electron chi connectivity index (χ0n) is 7.22. The van der Waals surface area contributed by atoms with Gasteiger partial charge < -0.3 is 5.11 Å². The normalized spacial score (nSPS) is 11.8. The largest absolute Gasteiger partial charge is 0.392 e. The fraction of sp³-hybridized carbons (Fsp3) is 0.200. The fourth-order valence-electron chi connectivity index (χ4n) is 0.932. The summed E-state index contributed by atoms with van der Waals surface area (Å²) in [5.74, 6) is -1.74. The topological polar surface area (TPSA) is 20.2 Å². The van der Waals surface area contributed by atoms with Crippen molar-refractivity contribution in [2.24, 2.45) is 0 Å². The van der Waals surface area contributed by atoms with E-state index >= 15 is 0 Å². The highest BCUT2D eigenvalue weighted by Crippen LogP contribution is 2.11. The van der Waals surface area contributed by atoms with Crippen LogP contribution in [0.1, 0.15) is 12.5 Å².